The van der Waals surface area contributed by atoms with E-state index in [1.54, 1.807) is 18.3 Å². The van der Waals surface area contributed by atoms with Crippen LogP contribution >= 0.6 is 11.3 Å². The zero-order valence-corrected chi connectivity index (χ0v) is 13.5. The Kier molecular flexibility index (Phi) is 4.67. The van der Waals surface area contributed by atoms with Crippen LogP contribution in [0.2, 0.25) is 0 Å². The zero-order chi connectivity index (χ0) is 15.6. The molecule has 0 aromatic carbocycles. The summed E-state index contributed by atoms with van der Waals surface area (Å²) in [6.07, 6.45) is 1.08. The Morgan fingerprint density at radius 3 is 2.33 bits per heavy atom. The van der Waals surface area contributed by atoms with E-state index >= 15 is 0 Å². The van der Waals surface area contributed by atoms with Crippen LogP contribution in [0, 0.1) is 26.7 Å². The minimum Gasteiger partial charge on any atom is -0.481 e. The molecule has 0 fully saturated rings. The van der Waals surface area contributed by atoms with Crippen molar-refractivity contribution in [2.24, 2.45) is 5.92 Å². The van der Waals surface area contributed by atoms with Gasteiger partial charge in [0.15, 0.2) is 0 Å². The minimum atomic E-state index is -0.795. The molecule has 112 valence electrons. The molecule has 6 heteroatoms. The van der Waals surface area contributed by atoms with Crippen molar-refractivity contribution in [3.63, 3.8) is 0 Å². The van der Waals surface area contributed by atoms with Gasteiger partial charge in [-0.05, 0) is 32.8 Å². The summed E-state index contributed by atoms with van der Waals surface area (Å²) in [5.74, 6) is -0.485. The number of nitrogens with zero attached hydrogens (tertiary/aromatic N) is 3. The molecule has 0 aliphatic rings. The fraction of sp³-hybridized carbons (Fsp3) is 0.467. The van der Waals surface area contributed by atoms with E-state index in [1.165, 1.54) is 0 Å². The Labute approximate surface area is 128 Å². The van der Waals surface area contributed by atoms with Crippen molar-refractivity contribution in [3.05, 3.63) is 38.9 Å². The molecule has 0 aliphatic heterocycles. The molecule has 5 nitrogen and oxygen atoms in total. The van der Waals surface area contributed by atoms with E-state index in [9.17, 15) is 4.79 Å². The highest BCUT2D eigenvalue weighted by Crippen LogP contribution is 2.18. The van der Waals surface area contributed by atoms with Gasteiger partial charge in [-0.1, -0.05) is 6.92 Å². The second kappa shape index (κ2) is 6.30. The van der Waals surface area contributed by atoms with Crippen LogP contribution in [-0.2, 0) is 17.6 Å². The molecular weight excluding hydrogens is 286 g/mol. The third-order valence-electron chi connectivity index (χ3n) is 3.37. The molecule has 0 saturated carbocycles. The minimum absolute atomic E-state index is 0.432. The molecule has 2 heterocycles. The molecule has 0 amide bonds. The van der Waals surface area contributed by atoms with Gasteiger partial charge >= 0.3 is 5.97 Å². The van der Waals surface area contributed by atoms with Gasteiger partial charge in [-0.2, -0.15) is 0 Å². The number of rotatable bonds is 5. The predicted octanol–water partition coefficient (Wildman–Crippen LogP) is 2.71. The molecule has 1 unspecified atom stereocenters. The van der Waals surface area contributed by atoms with Crippen LogP contribution in [0.1, 0.15) is 40.4 Å². The molecule has 2 rings (SSSR count). The Morgan fingerprint density at radius 2 is 1.86 bits per heavy atom. The second-order valence-electron chi connectivity index (χ2n) is 5.29. The standard InChI is InChI=1S/C15H19N3O2S/c1-8(15(19)20)5-12-10(3)17-13(18-11(12)4)6-14-16-9(2)7-21-14/h7-8H,5-6H2,1-4H3,(H,19,20). The average molecular weight is 305 g/mol. The lowest BCUT2D eigenvalue weighted by atomic mass is 9.99. The third kappa shape index (κ3) is 3.85. The van der Waals surface area contributed by atoms with Crippen LogP contribution in [0.4, 0.5) is 0 Å². The number of aryl methyl sites for hydroxylation is 3. The number of hydrogen-bond donors (Lipinski definition) is 1. The smallest absolute Gasteiger partial charge is 0.306 e. The SMILES string of the molecule is Cc1csc(Cc2nc(C)c(CC(C)C(=O)O)c(C)n2)n1. The van der Waals surface area contributed by atoms with Gasteiger partial charge in [0.05, 0.1) is 12.3 Å². The maximum Gasteiger partial charge on any atom is 0.306 e. The topological polar surface area (TPSA) is 76.0 Å². The van der Waals surface area contributed by atoms with Gasteiger partial charge in [-0.25, -0.2) is 15.0 Å². The number of carboxylic acids is 1. The van der Waals surface area contributed by atoms with Gasteiger partial charge < -0.3 is 5.11 Å². The van der Waals surface area contributed by atoms with Gasteiger partial charge in [0.25, 0.3) is 0 Å². The summed E-state index contributed by atoms with van der Waals surface area (Å²) in [7, 11) is 0. The zero-order valence-electron chi connectivity index (χ0n) is 12.7. The summed E-state index contributed by atoms with van der Waals surface area (Å²) in [5, 5.41) is 12.0. The van der Waals surface area contributed by atoms with E-state index in [1.807, 2.05) is 26.2 Å². The molecule has 1 atom stereocenters. The summed E-state index contributed by atoms with van der Waals surface area (Å²) in [6.45, 7) is 7.49. The molecule has 0 radical (unpaired) electrons. The van der Waals surface area contributed by atoms with E-state index in [4.69, 9.17) is 5.11 Å². The molecule has 1 N–H and O–H groups in total. The first kappa shape index (κ1) is 15.6. The lowest BCUT2D eigenvalue weighted by Crippen LogP contribution is -2.15. The van der Waals surface area contributed by atoms with Gasteiger partial charge in [0.2, 0.25) is 0 Å². The van der Waals surface area contributed by atoms with E-state index in [2.05, 4.69) is 15.0 Å². The van der Waals surface area contributed by atoms with Crippen LogP contribution in [0.25, 0.3) is 0 Å². The van der Waals surface area contributed by atoms with Gasteiger partial charge in [-0.15, -0.1) is 11.3 Å². The number of carboxylic acid groups (broad SMARTS) is 1. The summed E-state index contributed by atoms with van der Waals surface area (Å²) in [6, 6.07) is 0. The summed E-state index contributed by atoms with van der Waals surface area (Å²) in [5.41, 5.74) is 3.66. The van der Waals surface area contributed by atoms with Crippen LogP contribution in [0.15, 0.2) is 5.38 Å². The van der Waals surface area contributed by atoms with Crippen LogP contribution in [0.5, 0.6) is 0 Å². The molecule has 2 aromatic heterocycles. The highest BCUT2D eigenvalue weighted by atomic mass is 32.1. The number of thiazole rings is 1. The Morgan fingerprint density at radius 1 is 1.24 bits per heavy atom. The summed E-state index contributed by atoms with van der Waals surface area (Å²) in [4.78, 5) is 24.4. The van der Waals surface area contributed by atoms with Crippen molar-refractivity contribution < 1.29 is 9.90 Å². The lowest BCUT2D eigenvalue weighted by molar-refractivity contribution is -0.141. The first-order valence-electron chi connectivity index (χ1n) is 6.83. The Balaban J connectivity index is 2.22. The van der Waals surface area contributed by atoms with Gasteiger partial charge in [0.1, 0.15) is 10.8 Å². The predicted molar refractivity (Wildman–Crippen MR) is 81.7 cm³/mol. The third-order valence-corrected chi connectivity index (χ3v) is 4.34. The van der Waals surface area contributed by atoms with Crippen molar-refractivity contribution in [1.82, 2.24) is 15.0 Å². The molecular formula is C15H19N3O2S. The van der Waals surface area contributed by atoms with E-state index in [0.29, 0.717) is 12.8 Å². The maximum atomic E-state index is 11.0. The van der Waals surface area contributed by atoms with Crippen molar-refractivity contribution in [1.29, 1.82) is 0 Å². The number of hydrogen-bond acceptors (Lipinski definition) is 5. The number of aromatic nitrogens is 3. The van der Waals surface area contributed by atoms with E-state index in [0.717, 1.165) is 33.5 Å². The van der Waals surface area contributed by atoms with Crippen LogP contribution in [0.3, 0.4) is 0 Å². The van der Waals surface area contributed by atoms with Gasteiger partial charge in [-0.3, -0.25) is 4.79 Å². The molecule has 0 aliphatic carbocycles. The highest BCUT2D eigenvalue weighted by Gasteiger charge is 2.17. The monoisotopic (exact) mass is 305 g/mol. The average Bonchev–Trinajstić information content (AvgIpc) is 2.79. The first-order chi connectivity index (χ1) is 9.86. The lowest BCUT2D eigenvalue weighted by Gasteiger charge is -2.12. The van der Waals surface area contributed by atoms with Crippen molar-refractivity contribution in [2.45, 2.75) is 40.5 Å². The molecule has 0 spiro atoms. The van der Waals surface area contributed by atoms with E-state index < -0.39 is 11.9 Å². The second-order valence-corrected chi connectivity index (χ2v) is 6.23. The van der Waals surface area contributed by atoms with Crippen molar-refractivity contribution in [2.75, 3.05) is 0 Å². The summed E-state index contributed by atoms with van der Waals surface area (Å²) >= 11 is 1.61. The van der Waals surface area contributed by atoms with Crippen LogP contribution in [-0.4, -0.2) is 26.0 Å². The highest BCUT2D eigenvalue weighted by molar-refractivity contribution is 7.09. The molecule has 0 saturated heterocycles. The van der Waals surface area contributed by atoms with Crippen molar-refractivity contribution >= 4 is 17.3 Å². The molecule has 21 heavy (non-hydrogen) atoms. The first-order valence-corrected chi connectivity index (χ1v) is 7.71. The van der Waals surface area contributed by atoms with Crippen LogP contribution < -0.4 is 0 Å². The summed E-state index contributed by atoms with van der Waals surface area (Å²) < 4.78 is 0. The molecule has 2 aromatic rings. The fourth-order valence-corrected chi connectivity index (χ4v) is 2.96. The van der Waals surface area contributed by atoms with E-state index in [-0.39, 0.29) is 0 Å². The maximum absolute atomic E-state index is 11.0. The molecule has 0 bridgehead atoms. The normalized spacial score (nSPS) is 12.4. The quantitative estimate of drug-likeness (QED) is 0.919. The van der Waals surface area contributed by atoms with Crippen molar-refractivity contribution in [3.8, 4) is 0 Å². The Hall–Kier alpha value is -1.82. The Bertz CT molecular complexity index is 644. The largest absolute Gasteiger partial charge is 0.481 e. The fourth-order valence-electron chi connectivity index (χ4n) is 2.20. The van der Waals surface area contributed by atoms with Gasteiger partial charge in [0, 0.05) is 22.5 Å². The number of carbonyl (C=O) groups is 1. The number of aliphatic carboxylic acids is 1.